The molecule has 0 spiro atoms. The van der Waals surface area contributed by atoms with Gasteiger partial charge < -0.3 is 24.8 Å². The third kappa shape index (κ3) is 5.44. The molecule has 0 saturated carbocycles. The van der Waals surface area contributed by atoms with E-state index in [9.17, 15) is 0 Å². The van der Waals surface area contributed by atoms with Crippen LogP contribution in [0, 0.1) is 11.5 Å². The summed E-state index contributed by atoms with van der Waals surface area (Å²) in [5, 5.41) is 2.66. The molecule has 1 aliphatic carbocycles. The standard InChI is InChI=1S/C10H15.C9H7.2ClH.Hf/c1-7-6-10(4,5)9(3)8(7)2;1-2-5-9-7-3-6-8(9)4-1;;;/h1-5H3;1-7H;2*1H;/q2*-1;;;+4/p-2. The van der Waals surface area contributed by atoms with Crippen LogP contribution in [0.25, 0.3) is 10.8 Å². The molecular weight excluding hydrogens is 478 g/mol. The Morgan fingerprint density at radius 3 is 1.95 bits per heavy atom. The molecule has 3 heteroatoms. The third-order valence-corrected chi connectivity index (χ3v) is 4.11. The normalized spacial score (nSPS) is 14.9. The van der Waals surface area contributed by atoms with E-state index >= 15 is 0 Å². The van der Waals surface area contributed by atoms with Crippen LogP contribution in [0.5, 0.6) is 0 Å². The van der Waals surface area contributed by atoms with Crippen molar-refractivity contribution in [3.8, 4) is 0 Å². The van der Waals surface area contributed by atoms with Gasteiger partial charge in [0.1, 0.15) is 0 Å². The van der Waals surface area contributed by atoms with E-state index in [1.54, 1.807) is 0 Å². The predicted octanol–water partition coefficient (Wildman–Crippen LogP) is -0.324. The maximum absolute atomic E-state index is 3.44. The van der Waals surface area contributed by atoms with Crippen molar-refractivity contribution in [2.24, 2.45) is 5.41 Å². The molecule has 2 aromatic carbocycles. The van der Waals surface area contributed by atoms with Crippen LogP contribution in [0.4, 0.5) is 0 Å². The number of rotatable bonds is 0. The number of allylic oxidation sites excluding steroid dienone is 4. The molecule has 0 saturated heterocycles. The Kier molecular flexibility index (Phi) is 10.7. The Balaban J connectivity index is 0. The topological polar surface area (TPSA) is 0 Å². The van der Waals surface area contributed by atoms with Crippen LogP contribution < -0.4 is 24.8 Å². The van der Waals surface area contributed by atoms with Crippen LogP contribution in [0.3, 0.4) is 0 Å². The van der Waals surface area contributed by atoms with Crippen molar-refractivity contribution >= 4 is 10.8 Å². The zero-order valence-corrected chi connectivity index (χ0v) is 18.9. The first-order chi connectivity index (χ1) is 8.92. The molecule has 0 aliphatic heterocycles. The minimum Gasteiger partial charge on any atom is -1.00 e. The van der Waals surface area contributed by atoms with E-state index in [2.05, 4.69) is 83.2 Å². The van der Waals surface area contributed by atoms with Crippen molar-refractivity contribution in [2.75, 3.05) is 0 Å². The molecule has 2 aromatic rings. The van der Waals surface area contributed by atoms with Gasteiger partial charge in [-0.25, -0.2) is 5.57 Å². The number of fused-ring (bicyclic) bond motifs is 1. The Labute approximate surface area is 166 Å². The Bertz CT molecular complexity index is 618. The zero-order valence-electron chi connectivity index (χ0n) is 13.8. The fourth-order valence-corrected chi connectivity index (χ4v) is 2.48. The minimum atomic E-state index is 0. The van der Waals surface area contributed by atoms with E-state index in [4.69, 9.17) is 0 Å². The van der Waals surface area contributed by atoms with Gasteiger partial charge in [-0.3, -0.25) is 6.08 Å². The fourth-order valence-electron chi connectivity index (χ4n) is 2.48. The van der Waals surface area contributed by atoms with Crippen molar-refractivity contribution in [3.05, 3.63) is 65.3 Å². The Morgan fingerprint density at radius 2 is 1.55 bits per heavy atom. The largest absolute Gasteiger partial charge is 4.00 e. The number of hydrogen-bond acceptors (Lipinski definition) is 0. The number of hydrogen-bond donors (Lipinski definition) is 0. The maximum atomic E-state index is 3.44. The van der Waals surface area contributed by atoms with Crippen molar-refractivity contribution in [1.82, 2.24) is 0 Å². The molecule has 0 unspecified atom stereocenters. The first kappa shape index (κ1) is 24.0. The van der Waals surface area contributed by atoms with Gasteiger partial charge in [0.05, 0.1) is 0 Å². The number of benzene rings is 1. The summed E-state index contributed by atoms with van der Waals surface area (Å²) in [6.45, 7) is 10.9. The van der Waals surface area contributed by atoms with E-state index < -0.39 is 0 Å². The average Bonchev–Trinajstić information content (AvgIpc) is 2.90. The fraction of sp³-hybridized carbons (Fsp3) is 0.316. The average molecular weight is 500 g/mol. The van der Waals surface area contributed by atoms with E-state index in [1.807, 2.05) is 0 Å². The molecule has 0 aromatic heterocycles. The Hall–Kier alpha value is -0.240. The van der Waals surface area contributed by atoms with Gasteiger partial charge in [-0.05, 0) is 0 Å². The molecule has 0 heterocycles. The molecule has 0 fully saturated rings. The zero-order chi connectivity index (χ0) is 14.0. The summed E-state index contributed by atoms with van der Waals surface area (Å²) in [4.78, 5) is 0. The first-order valence-electron chi connectivity index (χ1n) is 6.82. The van der Waals surface area contributed by atoms with E-state index in [1.165, 1.54) is 27.5 Å². The molecular formula is C19H22Cl2Hf. The Morgan fingerprint density at radius 1 is 0.955 bits per heavy atom. The van der Waals surface area contributed by atoms with E-state index in [-0.39, 0.29) is 56.1 Å². The molecule has 0 nitrogen and oxygen atoms in total. The summed E-state index contributed by atoms with van der Waals surface area (Å²) in [6.07, 6.45) is 3.44. The van der Waals surface area contributed by atoms with Crippen molar-refractivity contribution in [3.63, 3.8) is 0 Å². The molecule has 0 radical (unpaired) electrons. The van der Waals surface area contributed by atoms with Gasteiger partial charge in [0.2, 0.25) is 0 Å². The summed E-state index contributed by atoms with van der Waals surface area (Å²) in [6, 6.07) is 14.7. The van der Waals surface area contributed by atoms with Crippen LogP contribution in [-0.2, 0) is 25.8 Å². The van der Waals surface area contributed by atoms with Crippen molar-refractivity contribution in [2.45, 2.75) is 34.6 Å². The van der Waals surface area contributed by atoms with Crippen LogP contribution in [-0.4, -0.2) is 0 Å². The molecule has 0 N–H and O–H groups in total. The molecule has 22 heavy (non-hydrogen) atoms. The monoisotopic (exact) mass is 500 g/mol. The molecule has 0 atom stereocenters. The second-order valence-electron chi connectivity index (χ2n) is 5.78. The summed E-state index contributed by atoms with van der Waals surface area (Å²) < 4.78 is 0. The van der Waals surface area contributed by atoms with Crippen molar-refractivity contribution in [1.29, 1.82) is 0 Å². The second-order valence-corrected chi connectivity index (χ2v) is 5.78. The quantitative estimate of drug-likeness (QED) is 0.344. The molecule has 3 rings (SSSR count). The van der Waals surface area contributed by atoms with Gasteiger partial charge in [-0.1, -0.05) is 39.2 Å². The van der Waals surface area contributed by atoms with Crippen molar-refractivity contribution < 1.29 is 50.7 Å². The summed E-state index contributed by atoms with van der Waals surface area (Å²) in [5.41, 5.74) is 4.39. The van der Waals surface area contributed by atoms with Crippen LogP contribution in [0.15, 0.2) is 59.2 Å². The first-order valence-corrected chi connectivity index (χ1v) is 6.82. The van der Waals surface area contributed by atoms with Crippen LogP contribution >= 0.6 is 0 Å². The van der Waals surface area contributed by atoms with E-state index in [0.717, 1.165) is 0 Å². The maximum Gasteiger partial charge on any atom is 4.00 e. The van der Waals surface area contributed by atoms with Gasteiger partial charge in [0.25, 0.3) is 0 Å². The summed E-state index contributed by atoms with van der Waals surface area (Å²) in [5.74, 6) is 0. The molecule has 0 bridgehead atoms. The summed E-state index contributed by atoms with van der Waals surface area (Å²) >= 11 is 0. The molecule has 116 valence electrons. The predicted molar refractivity (Wildman–Crippen MR) is 84.1 cm³/mol. The van der Waals surface area contributed by atoms with Gasteiger partial charge >= 0.3 is 25.8 Å². The van der Waals surface area contributed by atoms with E-state index in [0.29, 0.717) is 0 Å². The third-order valence-electron chi connectivity index (χ3n) is 4.11. The van der Waals surface area contributed by atoms with Gasteiger partial charge in [0, 0.05) is 0 Å². The van der Waals surface area contributed by atoms with Gasteiger partial charge in [0.15, 0.2) is 0 Å². The van der Waals surface area contributed by atoms with Gasteiger partial charge in [-0.2, -0.15) is 28.7 Å². The summed E-state index contributed by atoms with van der Waals surface area (Å²) in [7, 11) is 0. The minimum absolute atomic E-state index is 0. The SMILES string of the molecule is CC1=[C-]C(C)(C)C(C)=C1C.[Cl-].[Cl-].[Hf+4].c1ccc2[cH-]ccc2c1. The smallest absolute Gasteiger partial charge is 1.00 e. The van der Waals surface area contributed by atoms with Crippen LogP contribution in [0.1, 0.15) is 34.6 Å². The second kappa shape index (κ2) is 9.80. The van der Waals surface area contributed by atoms with Gasteiger partial charge in [-0.15, -0.1) is 36.6 Å². The molecule has 0 amide bonds. The molecule has 1 aliphatic rings. The number of halogens is 2. The van der Waals surface area contributed by atoms with Crippen LogP contribution in [0.2, 0.25) is 0 Å².